The SMILES string of the molecule is CCCCCCCC(=O)N=Nc1c2[nH]c3ccccc3nc-2c2ccccc12. The Hall–Kier alpha value is -3.08. The maximum Gasteiger partial charge on any atom is 0.264 e. The van der Waals surface area contributed by atoms with Crippen LogP contribution in [-0.2, 0) is 4.79 Å². The number of carbonyl (C=O) groups is 1. The quantitative estimate of drug-likeness (QED) is 0.286. The third-order valence-corrected chi connectivity index (χ3v) is 5.06. The van der Waals surface area contributed by atoms with Crippen LogP contribution in [0.25, 0.3) is 33.2 Å². The van der Waals surface area contributed by atoms with Crippen LogP contribution in [0, 0.1) is 0 Å². The van der Waals surface area contributed by atoms with Gasteiger partial charge < -0.3 is 4.98 Å². The molecule has 0 bridgehead atoms. The van der Waals surface area contributed by atoms with Gasteiger partial charge in [0.15, 0.2) is 0 Å². The van der Waals surface area contributed by atoms with Gasteiger partial charge in [0.25, 0.3) is 5.91 Å². The van der Waals surface area contributed by atoms with Crippen molar-refractivity contribution in [2.45, 2.75) is 45.4 Å². The Labute approximate surface area is 164 Å². The van der Waals surface area contributed by atoms with E-state index in [9.17, 15) is 4.79 Å². The molecular weight excluding hydrogens is 348 g/mol. The average molecular weight is 372 g/mol. The second-order valence-corrected chi connectivity index (χ2v) is 7.13. The average Bonchev–Trinajstić information content (AvgIpc) is 3.03. The smallest absolute Gasteiger partial charge is 0.264 e. The van der Waals surface area contributed by atoms with E-state index in [0.29, 0.717) is 12.1 Å². The molecule has 0 saturated heterocycles. The van der Waals surface area contributed by atoms with Crippen LogP contribution < -0.4 is 0 Å². The summed E-state index contributed by atoms with van der Waals surface area (Å²) in [4.78, 5) is 20.4. The molecule has 0 fully saturated rings. The highest BCUT2D eigenvalue weighted by molar-refractivity contribution is 6.11. The van der Waals surface area contributed by atoms with Crippen LogP contribution in [0.4, 0.5) is 5.69 Å². The third-order valence-electron chi connectivity index (χ3n) is 5.06. The van der Waals surface area contributed by atoms with Crippen molar-refractivity contribution in [3.63, 3.8) is 0 Å². The van der Waals surface area contributed by atoms with E-state index in [1.54, 1.807) is 0 Å². The molecule has 0 unspecified atom stereocenters. The van der Waals surface area contributed by atoms with Gasteiger partial charge in [0.1, 0.15) is 5.69 Å². The lowest BCUT2D eigenvalue weighted by Crippen LogP contribution is -1.92. The fourth-order valence-electron chi connectivity index (χ4n) is 3.58. The minimum Gasteiger partial charge on any atom is -0.350 e. The largest absolute Gasteiger partial charge is 0.350 e. The molecule has 2 aromatic carbocycles. The number of para-hydroxylation sites is 2. The lowest BCUT2D eigenvalue weighted by Gasteiger charge is -2.04. The van der Waals surface area contributed by atoms with Gasteiger partial charge in [-0.15, -0.1) is 10.2 Å². The number of fused-ring (bicyclic) bond motifs is 4. The number of rotatable bonds is 7. The number of azo groups is 1. The summed E-state index contributed by atoms with van der Waals surface area (Å²) in [6.07, 6.45) is 5.99. The highest BCUT2D eigenvalue weighted by Gasteiger charge is 2.20. The molecule has 2 aliphatic rings. The monoisotopic (exact) mass is 372 g/mol. The summed E-state index contributed by atoms with van der Waals surface area (Å²) in [5.41, 5.74) is 4.19. The van der Waals surface area contributed by atoms with Crippen molar-refractivity contribution in [3.05, 3.63) is 48.5 Å². The van der Waals surface area contributed by atoms with Crippen molar-refractivity contribution in [2.75, 3.05) is 0 Å². The van der Waals surface area contributed by atoms with Gasteiger partial charge in [0.2, 0.25) is 0 Å². The summed E-state index contributed by atoms with van der Waals surface area (Å²) in [5, 5.41) is 10.3. The predicted molar refractivity (Wildman–Crippen MR) is 113 cm³/mol. The van der Waals surface area contributed by atoms with Gasteiger partial charge in [-0.3, -0.25) is 4.79 Å². The van der Waals surface area contributed by atoms with Gasteiger partial charge in [0.05, 0.1) is 22.4 Å². The van der Waals surface area contributed by atoms with Gasteiger partial charge in [-0.05, 0) is 18.6 Å². The third kappa shape index (κ3) is 3.65. The summed E-state index contributed by atoms with van der Waals surface area (Å²) < 4.78 is 0. The second kappa shape index (κ2) is 8.30. The van der Waals surface area contributed by atoms with E-state index < -0.39 is 0 Å². The number of nitrogens with zero attached hydrogens (tertiary/aromatic N) is 3. The van der Waals surface area contributed by atoms with E-state index in [1.807, 2.05) is 48.5 Å². The molecule has 28 heavy (non-hydrogen) atoms. The molecule has 2 aromatic rings. The Morgan fingerprint density at radius 3 is 2.57 bits per heavy atom. The normalized spacial score (nSPS) is 11.9. The van der Waals surface area contributed by atoms with Gasteiger partial charge in [0, 0.05) is 17.2 Å². The number of hydrogen-bond acceptors (Lipinski definition) is 3. The summed E-state index contributed by atoms with van der Waals surface area (Å²) in [6.45, 7) is 2.18. The van der Waals surface area contributed by atoms with Gasteiger partial charge in [-0.1, -0.05) is 69.0 Å². The number of benzene rings is 2. The molecule has 1 amide bonds. The molecule has 5 nitrogen and oxygen atoms in total. The molecule has 5 heteroatoms. The van der Waals surface area contributed by atoms with E-state index in [-0.39, 0.29) is 5.91 Å². The lowest BCUT2D eigenvalue weighted by molar-refractivity contribution is -0.118. The maximum atomic E-state index is 12.2. The molecule has 1 N–H and O–H groups in total. The molecule has 0 saturated carbocycles. The van der Waals surface area contributed by atoms with Crippen LogP contribution in [0.2, 0.25) is 0 Å². The maximum absolute atomic E-state index is 12.2. The summed E-state index contributed by atoms with van der Waals surface area (Å²) in [7, 11) is 0. The van der Waals surface area contributed by atoms with E-state index >= 15 is 0 Å². The first-order chi connectivity index (χ1) is 13.8. The van der Waals surface area contributed by atoms with E-state index in [2.05, 4.69) is 22.1 Å². The first-order valence-corrected chi connectivity index (χ1v) is 10.0. The number of aromatic nitrogens is 2. The first-order valence-electron chi connectivity index (χ1n) is 10.0. The Balaban J connectivity index is 1.66. The van der Waals surface area contributed by atoms with Crippen molar-refractivity contribution in [1.29, 1.82) is 0 Å². The predicted octanol–water partition coefficient (Wildman–Crippen LogP) is 6.79. The Morgan fingerprint density at radius 2 is 1.71 bits per heavy atom. The summed E-state index contributed by atoms with van der Waals surface area (Å²) >= 11 is 0. The molecular formula is C23H24N4O. The number of nitrogens with one attached hydrogen (secondary N) is 1. The first kappa shape index (κ1) is 18.3. The fourth-order valence-corrected chi connectivity index (χ4v) is 3.58. The minimum atomic E-state index is -0.163. The standard InChI is InChI=1S/C23H24N4O/c1-2-3-4-5-6-15-20(28)26-27-22-17-12-8-7-11-16(17)21-23(22)25-19-14-10-9-13-18(19)24-21/h7-14,25H,2-6,15H2,1H3. The summed E-state index contributed by atoms with van der Waals surface area (Å²) in [6, 6.07) is 15.9. The van der Waals surface area contributed by atoms with Crippen molar-refractivity contribution >= 4 is 33.4 Å². The topological polar surface area (TPSA) is 70.5 Å². The highest BCUT2D eigenvalue weighted by atomic mass is 16.1. The fraction of sp³-hybridized carbons (Fsp3) is 0.304. The van der Waals surface area contributed by atoms with Crippen LogP contribution in [0.5, 0.6) is 0 Å². The molecule has 1 heterocycles. The second-order valence-electron chi connectivity index (χ2n) is 7.13. The molecule has 4 rings (SSSR count). The molecule has 0 atom stereocenters. The number of hydrogen-bond donors (Lipinski definition) is 1. The Kier molecular flexibility index (Phi) is 5.42. The van der Waals surface area contributed by atoms with Gasteiger partial charge in [-0.25, -0.2) is 4.98 Å². The minimum absolute atomic E-state index is 0.163. The van der Waals surface area contributed by atoms with Crippen LogP contribution in [0.3, 0.4) is 0 Å². The number of H-pyrrole nitrogens is 1. The van der Waals surface area contributed by atoms with Crippen molar-refractivity contribution in [1.82, 2.24) is 9.97 Å². The zero-order valence-corrected chi connectivity index (χ0v) is 16.1. The summed E-state index contributed by atoms with van der Waals surface area (Å²) in [5.74, 6) is -0.163. The van der Waals surface area contributed by atoms with E-state index in [0.717, 1.165) is 46.0 Å². The van der Waals surface area contributed by atoms with Crippen LogP contribution >= 0.6 is 0 Å². The van der Waals surface area contributed by atoms with E-state index in [1.165, 1.54) is 19.3 Å². The van der Waals surface area contributed by atoms with Crippen molar-refractivity contribution in [2.24, 2.45) is 10.2 Å². The van der Waals surface area contributed by atoms with Crippen LogP contribution in [0.1, 0.15) is 45.4 Å². The van der Waals surface area contributed by atoms with Gasteiger partial charge in [-0.2, -0.15) is 0 Å². The Bertz CT molecular complexity index is 1110. The number of carbonyl (C=O) groups excluding carboxylic acids is 1. The van der Waals surface area contributed by atoms with Gasteiger partial charge >= 0.3 is 0 Å². The molecule has 1 aliphatic heterocycles. The number of unbranched alkanes of at least 4 members (excludes halogenated alkanes) is 4. The number of aromatic amines is 1. The molecule has 142 valence electrons. The molecule has 0 aromatic heterocycles. The zero-order valence-electron chi connectivity index (χ0n) is 16.1. The molecule has 1 aliphatic carbocycles. The van der Waals surface area contributed by atoms with Crippen LogP contribution in [0.15, 0.2) is 58.8 Å². The van der Waals surface area contributed by atoms with Crippen LogP contribution in [-0.4, -0.2) is 15.9 Å². The van der Waals surface area contributed by atoms with Crippen molar-refractivity contribution < 1.29 is 4.79 Å². The molecule has 0 spiro atoms. The highest BCUT2D eigenvalue weighted by Crippen LogP contribution is 2.43. The molecule has 0 radical (unpaired) electrons. The number of amides is 1. The zero-order chi connectivity index (χ0) is 19.3. The lowest BCUT2D eigenvalue weighted by atomic mass is 10.1. The van der Waals surface area contributed by atoms with E-state index in [4.69, 9.17) is 4.98 Å². The Morgan fingerprint density at radius 1 is 0.964 bits per heavy atom. The van der Waals surface area contributed by atoms with Crippen molar-refractivity contribution in [3.8, 4) is 11.4 Å².